The normalized spacial score (nSPS) is 12.2. The SMILES string of the molecule is CCc1c(SC)nc(C(O)CC)n1Cc1ccc(-c2ccccc2S(=O)(=O)NC(=O)NCc2ccccc2)cc1. The number of nitrogens with one attached hydrogen (secondary N) is 2. The molecule has 3 N–H and O–H groups in total. The first-order chi connectivity index (χ1) is 19.3. The minimum absolute atomic E-state index is 0.0125. The summed E-state index contributed by atoms with van der Waals surface area (Å²) in [6, 6.07) is 22.7. The van der Waals surface area contributed by atoms with E-state index in [2.05, 4.69) is 21.5 Å². The third-order valence-corrected chi connectivity index (χ3v) is 8.69. The van der Waals surface area contributed by atoms with E-state index in [1.807, 2.05) is 67.8 Å². The molecule has 0 fully saturated rings. The Morgan fingerprint density at radius 2 is 1.65 bits per heavy atom. The molecular weight excluding hydrogens is 544 g/mol. The second kappa shape index (κ2) is 13.2. The number of carbonyl (C=O) groups excluding carboxylic acids is 1. The molecular formula is C30H34N4O4S2. The highest BCUT2D eigenvalue weighted by Gasteiger charge is 2.23. The summed E-state index contributed by atoms with van der Waals surface area (Å²) < 4.78 is 30.6. The number of aliphatic hydroxyl groups excluding tert-OH is 1. The van der Waals surface area contributed by atoms with Crippen molar-refractivity contribution in [3.05, 3.63) is 102 Å². The van der Waals surface area contributed by atoms with Crippen molar-refractivity contribution in [2.45, 2.75) is 55.8 Å². The number of hydrogen-bond acceptors (Lipinski definition) is 6. The molecule has 0 bridgehead atoms. The molecule has 3 aromatic carbocycles. The van der Waals surface area contributed by atoms with Gasteiger partial charge in [-0.3, -0.25) is 0 Å². The maximum absolute atomic E-state index is 13.2. The molecule has 0 aliphatic heterocycles. The lowest BCUT2D eigenvalue weighted by Gasteiger charge is -2.15. The van der Waals surface area contributed by atoms with Crippen LogP contribution in [0.15, 0.2) is 88.8 Å². The van der Waals surface area contributed by atoms with Crippen molar-refractivity contribution >= 4 is 27.8 Å². The Morgan fingerprint density at radius 3 is 2.30 bits per heavy atom. The fourth-order valence-electron chi connectivity index (χ4n) is 4.50. The Bertz CT molecular complexity index is 1550. The van der Waals surface area contributed by atoms with Crippen LogP contribution in [0.25, 0.3) is 11.1 Å². The first kappa shape index (κ1) is 29.4. The summed E-state index contributed by atoms with van der Waals surface area (Å²) in [6.07, 6.45) is 2.68. The van der Waals surface area contributed by atoms with Gasteiger partial charge in [0, 0.05) is 18.7 Å². The van der Waals surface area contributed by atoms with Crippen LogP contribution in [-0.4, -0.2) is 35.4 Å². The van der Waals surface area contributed by atoms with E-state index in [0.29, 0.717) is 29.9 Å². The lowest BCUT2D eigenvalue weighted by Crippen LogP contribution is -2.39. The number of benzene rings is 3. The minimum atomic E-state index is -4.13. The summed E-state index contributed by atoms with van der Waals surface area (Å²) in [5, 5.41) is 14.1. The van der Waals surface area contributed by atoms with Crippen molar-refractivity contribution in [2.24, 2.45) is 0 Å². The first-order valence-corrected chi connectivity index (χ1v) is 15.8. The van der Waals surface area contributed by atoms with E-state index in [0.717, 1.165) is 28.3 Å². The van der Waals surface area contributed by atoms with Crippen LogP contribution in [0, 0.1) is 0 Å². The van der Waals surface area contributed by atoms with Gasteiger partial charge >= 0.3 is 6.03 Å². The molecule has 1 heterocycles. The topological polar surface area (TPSA) is 113 Å². The number of urea groups is 1. The Kier molecular flexibility index (Phi) is 9.67. The van der Waals surface area contributed by atoms with Crippen LogP contribution in [-0.2, 0) is 29.5 Å². The van der Waals surface area contributed by atoms with Gasteiger partial charge in [0.15, 0.2) is 0 Å². The third kappa shape index (κ3) is 6.75. The Morgan fingerprint density at radius 1 is 0.975 bits per heavy atom. The van der Waals surface area contributed by atoms with Crippen molar-refractivity contribution < 1.29 is 18.3 Å². The fraction of sp³-hybridized carbons (Fsp3) is 0.267. The fourth-order valence-corrected chi connectivity index (χ4v) is 6.34. The minimum Gasteiger partial charge on any atom is -0.385 e. The van der Waals surface area contributed by atoms with Crippen molar-refractivity contribution in [1.29, 1.82) is 0 Å². The molecule has 0 radical (unpaired) electrons. The summed E-state index contributed by atoms with van der Waals surface area (Å²) in [5.74, 6) is 0.654. The molecule has 1 atom stereocenters. The Hall–Kier alpha value is -3.60. The summed E-state index contributed by atoms with van der Waals surface area (Å²) in [6.45, 7) is 4.74. The largest absolute Gasteiger partial charge is 0.385 e. The summed E-state index contributed by atoms with van der Waals surface area (Å²) >= 11 is 1.57. The second-order valence-corrected chi connectivity index (χ2v) is 11.7. The third-order valence-electron chi connectivity index (χ3n) is 6.58. The number of amides is 2. The van der Waals surface area contributed by atoms with Crippen LogP contribution in [0.1, 0.15) is 49.0 Å². The lowest BCUT2D eigenvalue weighted by atomic mass is 10.0. The number of hydrogen-bond donors (Lipinski definition) is 3. The van der Waals surface area contributed by atoms with Crippen molar-refractivity contribution in [1.82, 2.24) is 19.6 Å². The van der Waals surface area contributed by atoms with Gasteiger partial charge in [-0.1, -0.05) is 86.6 Å². The van der Waals surface area contributed by atoms with Crippen LogP contribution in [0.4, 0.5) is 4.79 Å². The molecule has 0 saturated heterocycles. The average Bonchev–Trinajstić information content (AvgIpc) is 3.33. The van der Waals surface area contributed by atoms with Crippen molar-refractivity contribution in [3.63, 3.8) is 0 Å². The van der Waals surface area contributed by atoms with E-state index in [1.54, 1.807) is 30.0 Å². The van der Waals surface area contributed by atoms with Crippen molar-refractivity contribution in [2.75, 3.05) is 6.26 Å². The highest BCUT2D eigenvalue weighted by molar-refractivity contribution is 7.98. The van der Waals surface area contributed by atoms with Crippen LogP contribution in [0.2, 0.25) is 0 Å². The van der Waals surface area contributed by atoms with Gasteiger partial charge in [0.25, 0.3) is 10.0 Å². The van der Waals surface area contributed by atoms with Gasteiger partial charge in [0.05, 0.1) is 10.6 Å². The molecule has 0 aliphatic carbocycles. The smallest absolute Gasteiger partial charge is 0.328 e. The summed E-state index contributed by atoms with van der Waals surface area (Å²) in [5.41, 5.74) is 4.12. The number of rotatable bonds is 11. The van der Waals surface area contributed by atoms with Crippen LogP contribution >= 0.6 is 11.8 Å². The zero-order valence-corrected chi connectivity index (χ0v) is 24.4. The number of nitrogens with zero attached hydrogens (tertiary/aromatic N) is 2. The highest BCUT2D eigenvalue weighted by atomic mass is 32.2. The predicted octanol–water partition coefficient (Wildman–Crippen LogP) is 5.51. The zero-order valence-electron chi connectivity index (χ0n) is 22.8. The Labute approximate surface area is 239 Å². The van der Waals surface area contributed by atoms with E-state index in [-0.39, 0.29) is 11.4 Å². The van der Waals surface area contributed by atoms with Gasteiger partial charge in [-0.05, 0) is 41.9 Å². The van der Waals surface area contributed by atoms with Crippen LogP contribution < -0.4 is 10.0 Å². The molecule has 2 amide bonds. The number of imidazole rings is 1. The molecule has 210 valence electrons. The molecule has 10 heteroatoms. The molecule has 0 saturated carbocycles. The van der Waals surface area contributed by atoms with Gasteiger partial charge in [-0.15, -0.1) is 11.8 Å². The number of aliphatic hydroxyl groups is 1. The molecule has 4 aromatic rings. The van der Waals surface area contributed by atoms with E-state index in [4.69, 9.17) is 4.98 Å². The first-order valence-electron chi connectivity index (χ1n) is 13.1. The van der Waals surface area contributed by atoms with Crippen LogP contribution in [0.3, 0.4) is 0 Å². The maximum Gasteiger partial charge on any atom is 0.328 e. The van der Waals surface area contributed by atoms with Gasteiger partial charge in [-0.25, -0.2) is 22.9 Å². The molecule has 0 aliphatic rings. The van der Waals surface area contributed by atoms with Gasteiger partial charge in [0.2, 0.25) is 0 Å². The Balaban J connectivity index is 1.55. The van der Waals surface area contributed by atoms with Gasteiger partial charge < -0.3 is 15.0 Å². The maximum atomic E-state index is 13.2. The number of carbonyl (C=O) groups is 1. The van der Waals surface area contributed by atoms with E-state index in [1.165, 1.54) is 6.07 Å². The standard InChI is InChI=1S/C30H34N4O4S2/c1-4-25-29(39-3)32-28(26(35)5-2)34(25)20-22-15-17-23(18-16-22)24-13-9-10-14-27(24)40(37,38)33-30(36)31-19-21-11-7-6-8-12-21/h6-18,26,35H,4-5,19-20H2,1-3H3,(H2,31,33,36). The molecule has 8 nitrogen and oxygen atoms in total. The van der Waals surface area contributed by atoms with Gasteiger partial charge in [-0.2, -0.15) is 0 Å². The summed E-state index contributed by atoms with van der Waals surface area (Å²) in [7, 11) is -4.13. The number of aromatic nitrogens is 2. The number of thioether (sulfide) groups is 1. The zero-order chi connectivity index (χ0) is 28.7. The predicted molar refractivity (Wildman–Crippen MR) is 159 cm³/mol. The lowest BCUT2D eigenvalue weighted by molar-refractivity contribution is 0.159. The molecule has 0 spiro atoms. The second-order valence-electron chi connectivity index (χ2n) is 9.26. The summed E-state index contributed by atoms with van der Waals surface area (Å²) in [4.78, 5) is 17.1. The van der Waals surface area contributed by atoms with E-state index >= 15 is 0 Å². The molecule has 1 unspecified atom stereocenters. The number of sulfonamides is 1. The molecule has 1 aromatic heterocycles. The average molecular weight is 579 g/mol. The van der Waals surface area contributed by atoms with Gasteiger partial charge in [0.1, 0.15) is 17.0 Å². The van der Waals surface area contributed by atoms with Crippen LogP contribution in [0.5, 0.6) is 0 Å². The van der Waals surface area contributed by atoms with E-state index < -0.39 is 22.2 Å². The molecule has 40 heavy (non-hydrogen) atoms. The molecule has 4 rings (SSSR count). The van der Waals surface area contributed by atoms with Crippen molar-refractivity contribution in [3.8, 4) is 11.1 Å². The van der Waals surface area contributed by atoms with E-state index in [9.17, 15) is 18.3 Å². The monoisotopic (exact) mass is 578 g/mol. The highest BCUT2D eigenvalue weighted by Crippen LogP contribution is 2.30. The quantitative estimate of drug-likeness (QED) is 0.202.